The van der Waals surface area contributed by atoms with Crippen LogP contribution in [0, 0.1) is 29.6 Å². The molecule has 0 amide bonds. The van der Waals surface area contributed by atoms with E-state index in [1.54, 1.807) is 13.8 Å². The fourth-order valence-corrected chi connectivity index (χ4v) is 8.23. The Hall–Kier alpha value is -0.980. The number of carbonyl (C=O) groups excluding carboxylic acids is 1. The van der Waals surface area contributed by atoms with Crippen molar-refractivity contribution >= 4 is 28.6 Å². The van der Waals surface area contributed by atoms with Crippen molar-refractivity contribution in [3.05, 3.63) is 22.8 Å². The standard InChI is InChI=1S/C26H35IO4/c1-14-12-16-15(21-20(14)22(28)31-24(4,5)30-21)13-18-25(6)10-9-19(27)23(2,3)17(25)8-11-26(18,7)29-16/h12,17-19H,8-11,13H2,1-7H3/t17-,18+,19-,25-,26+/m0/s1. The summed E-state index contributed by atoms with van der Waals surface area (Å²) in [5.74, 6) is 1.38. The predicted octanol–water partition coefficient (Wildman–Crippen LogP) is 6.63. The van der Waals surface area contributed by atoms with E-state index < -0.39 is 5.79 Å². The summed E-state index contributed by atoms with van der Waals surface area (Å²) in [5.41, 5.74) is 2.83. The number of halogens is 1. The first kappa shape index (κ1) is 21.8. The van der Waals surface area contributed by atoms with Crippen LogP contribution in [0.1, 0.15) is 88.7 Å². The number of esters is 1. The molecule has 1 aromatic rings. The second-order valence-corrected chi connectivity index (χ2v) is 13.4. The highest BCUT2D eigenvalue weighted by Crippen LogP contribution is 2.66. The summed E-state index contributed by atoms with van der Waals surface area (Å²) in [4.78, 5) is 12.8. The largest absolute Gasteiger partial charge is 0.487 e. The topological polar surface area (TPSA) is 44.8 Å². The number of hydrogen-bond donors (Lipinski definition) is 0. The molecule has 2 saturated carbocycles. The van der Waals surface area contributed by atoms with Crippen molar-refractivity contribution in [2.45, 2.75) is 95.9 Å². The molecule has 2 fully saturated rings. The molecular formula is C26H35IO4. The molecule has 5 heteroatoms. The minimum Gasteiger partial charge on any atom is -0.487 e. The zero-order valence-electron chi connectivity index (χ0n) is 19.9. The van der Waals surface area contributed by atoms with Crippen molar-refractivity contribution in [1.29, 1.82) is 0 Å². The SMILES string of the molecule is Cc1cc2c(c3c1C(=O)OC(C)(C)O3)C[C@@H]1[C@@]3(C)CC[C@H](I)C(C)(C)[C@@H]3CC[C@@]1(C)O2. The molecule has 31 heavy (non-hydrogen) atoms. The van der Waals surface area contributed by atoms with E-state index in [1.165, 1.54) is 19.3 Å². The molecule has 0 aromatic heterocycles. The van der Waals surface area contributed by atoms with Gasteiger partial charge in [-0.1, -0.05) is 43.4 Å². The van der Waals surface area contributed by atoms with E-state index in [9.17, 15) is 4.79 Å². The molecule has 1 aromatic carbocycles. The van der Waals surface area contributed by atoms with Gasteiger partial charge in [0.2, 0.25) is 5.79 Å². The number of aryl methyl sites for hydroxylation is 1. The van der Waals surface area contributed by atoms with Crippen molar-refractivity contribution in [2.24, 2.45) is 22.7 Å². The van der Waals surface area contributed by atoms with Crippen LogP contribution in [0.4, 0.5) is 0 Å². The highest BCUT2D eigenvalue weighted by atomic mass is 127. The molecule has 170 valence electrons. The van der Waals surface area contributed by atoms with Crippen molar-refractivity contribution in [3.63, 3.8) is 0 Å². The quantitative estimate of drug-likeness (QED) is 0.211. The molecule has 5 rings (SSSR count). The third-order valence-corrected chi connectivity index (χ3v) is 11.3. The van der Waals surface area contributed by atoms with Gasteiger partial charge in [0.05, 0.1) is 0 Å². The van der Waals surface area contributed by atoms with Crippen molar-refractivity contribution in [3.8, 4) is 11.5 Å². The highest BCUT2D eigenvalue weighted by Gasteiger charge is 2.62. The Balaban J connectivity index is 1.64. The molecule has 4 nitrogen and oxygen atoms in total. The van der Waals surface area contributed by atoms with Crippen LogP contribution in [0.3, 0.4) is 0 Å². The van der Waals surface area contributed by atoms with E-state index in [0.717, 1.165) is 29.7 Å². The molecule has 5 atom stereocenters. The summed E-state index contributed by atoms with van der Waals surface area (Å²) in [6, 6.07) is 2.03. The predicted molar refractivity (Wildman–Crippen MR) is 129 cm³/mol. The van der Waals surface area contributed by atoms with Crippen LogP contribution in [-0.2, 0) is 11.2 Å². The van der Waals surface area contributed by atoms with Crippen LogP contribution in [0.5, 0.6) is 11.5 Å². The molecular weight excluding hydrogens is 503 g/mol. The lowest BCUT2D eigenvalue weighted by molar-refractivity contribution is -0.161. The number of cyclic esters (lactones) is 1. The fraction of sp³-hybridized carbons (Fsp3) is 0.731. The maximum Gasteiger partial charge on any atom is 0.345 e. The fourth-order valence-electron chi connectivity index (χ4n) is 7.49. The normalized spacial score (nSPS) is 39.6. The number of rotatable bonds is 0. The van der Waals surface area contributed by atoms with Crippen LogP contribution >= 0.6 is 22.6 Å². The average molecular weight is 538 g/mol. The van der Waals surface area contributed by atoms with E-state index in [0.29, 0.717) is 32.5 Å². The summed E-state index contributed by atoms with van der Waals surface area (Å²) in [6.45, 7) is 15.3. The highest BCUT2D eigenvalue weighted by molar-refractivity contribution is 14.1. The summed E-state index contributed by atoms with van der Waals surface area (Å²) >= 11 is 2.68. The summed E-state index contributed by atoms with van der Waals surface area (Å²) in [6.07, 6.45) is 5.67. The molecule has 2 heterocycles. The van der Waals surface area contributed by atoms with Gasteiger partial charge in [-0.25, -0.2) is 4.79 Å². The first-order valence-corrected chi connectivity index (χ1v) is 12.9. The Bertz CT molecular complexity index is 967. The maximum absolute atomic E-state index is 12.8. The Kier molecular flexibility index (Phi) is 4.61. The summed E-state index contributed by atoms with van der Waals surface area (Å²) in [7, 11) is 0. The summed E-state index contributed by atoms with van der Waals surface area (Å²) < 4.78 is 19.4. The zero-order chi connectivity index (χ0) is 22.6. The monoisotopic (exact) mass is 538 g/mol. The number of alkyl halides is 1. The lowest BCUT2D eigenvalue weighted by Gasteiger charge is -2.64. The molecule has 0 unspecified atom stereocenters. The molecule has 2 aliphatic heterocycles. The molecule has 2 aliphatic carbocycles. The number of hydrogen-bond acceptors (Lipinski definition) is 4. The third-order valence-electron chi connectivity index (χ3n) is 9.08. The van der Waals surface area contributed by atoms with Gasteiger partial charge in [-0.3, -0.25) is 0 Å². The minimum absolute atomic E-state index is 0.183. The minimum atomic E-state index is -0.966. The molecule has 4 aliphatic rings. The van der Waals surface area contributed by atoms with E-state index in [1.807, 2.05) is 13.0 Å². The number of carbonyl (C=O) groups is 1. The lowest BCUT2D eigenvalue weighted by Crippen LogP contribution is -2.63. The van der Waals surface area contributed by atoms with Gasteiger partial charge in [0, 0.05) is 29.3 Å². The van der Waals surface area contributed by atoms with Gasteiger partial charge in [-0.15, -0.1) is 0 Å². The van der Waals surface area contributed by atoms with Crippen LogP contribution in [0.15, 0.2) is 6.07 Å². The van der Waals surface area contributed by atoms with Crippen LogP contribution < -0.4 is 9.47 Å². The Labute approximate surface area is 199 Å². The van der Waals surface area contributed by atoms with E-state index >= 15 is 0 Å². The lowest BCUT2D eigenvalue weighted by atomic mass is 9.44. The molecule has 0 spiro atoms. The van der Waals surface area contributed by atoms with Gasteiger partial charge >= 0.3 is 5.97 Å². The number of benzene rings is 1. The van der Waals surface area contributed by atoms with Crippen molar-refractivity contribution in [1.82, 2.24) is 0 Å². The summed E-state index contributed by atoms with van der Waals surface area (Å²) in [5, 5.41) is 0. The zero-order valence-corrected chi connectivity index (χ0v) is 22.0. The van der Waals surface area contributed by atoms with Gasteiger partial charge in [-0.2, -0.15) is 0 Å². The van der Waals surface area contributed by atoms with Gasteiger partial charge in [0.25, 0.3) is 0 Å². The Morgan fingerprint density at radius 1 is 0.968 bits per heavy atom. The number of ether oxygens (including phenoxy) is 3. The second kappa shape index (κ2) is 6.54. The van der Waals surface area contributed by atoms with Gasteiger partial charge < -0.3 is 14.2 Å². The molecule has 0 radical (unpaired) electrons. The van der Waals surface area contributed by atoms with Crippen molar-refractivity contribution < 1.29 is 19.0 Å². The molecule has 0 N–H and O–H groups in total. The average Bonchev–Trinajstić information content (AvgIpc) is 2.62. The van der Waals surface area contributed by atoms with Crippen molar-refractivity contribution in [2.75, 3.05) is 0 Å². The van der Waals surface area contributed by atoms with E-state index in [2.05, 4.69) is 50.3 Å². The Morgan fingerprint density at radius 2 is 1.68 bits per heavy atom. The van der Waals surface area contributed by atoms with Crippen LogP contribution in [-0.4, -0.2) is 21.3 Å². The Morgan fingerprint density at radius 3 is 2.39 bits per heavy atom. The van der Waals surface area contributed by atoms with Gasteiger partial charge in [-0.05, 0) is 74.3 Å². The first-order valence-electron chi connectivity index (χ1n) is 11.7. The molecule has 0 bridgehead atoms. The van der Waals surface area contributed by atoms with Gasteiger partial charge in [0.15, 0.2) is 0 Å². The number of fused-ring (bicyclic) bond motifs is 6. The van der Waals surface area contributed by atoms with Gasteiger partial charge in [0.1, 0.15) is 22.7 Å². The smallest absolute Gasteiger partial charge is 0.345 e. The van der Waals surface area contributed by atoms with E-state index in [-0.39, 0.29) is 17.0 Å². The molecule has 0 saturated heterocycles. The first-order chi connectivity index (χ1) is 14.3. The van der Waals surface area contributed by atoms with Crippen LogP contribution in [0.2, 0.25) is 0 Å². The van der Waals surface area contributed by atoms with E-state index in [4.69, 9.17) is 14.2 Å². The maximum atomic E-state index is 12.8. The second-order valence-electron chi connectivity index (χ2n) is 11.9. The van der Waals surface area contributed by atoms with Crippen LogP contribution in [0.25, 0.3) is 0 Å². The third kappa shape index (κ3) is 3.00.